The second-order valence-corrected chi connectivity index (χ2v) is 9.42. The van der Waals surface area contributed by atoms with Gasteiger partial charge in [-0.2, -0.15) is 5.10 Å². The van der Waals surface area contributed by atoms with Gasteiger partial charge in [0.2, 0.25) is 0 Å². The van der Waals surface area contributed by atoms with Crippen LogP contribution in [0.1, 0.15) is 54.2 Å². The van der Waals surface area contributed by atoms with E-state index < -0.39 is 17.7 Å². The van der Waals surface area contributed by atoms with Gasteiger partial charge in [-0.3, -0.25) is 9.48 Å². The topological polar surface area (TPSA) is 82.2 Å². The van der Waals surface area contributed by atoms with E-state index in [9.17, 15) is 9.90 Å². The lowest BCUT2D eigenvalue weighted by Gasteiger charge is -2.28. The number of hydrogen-bond donors (Lipinski definition) is 1. The molecule has 1 saturated carbocycles. The first-order valence-electron chi connectivity index (χ1n) is 12.0. The number of carboxylic acids is 1. The lowest BCUT2D eigenvalue weighted by atomic mass is 9.78. The number of halogens is 1. The third-order valence-corrected chi connectivity index (χ3v) is 6.84. The fraction of sp³-hybridized carbons (Fsp3) is 0.370. The molecule has 2 aromatic heterocycles. The molecule has 1 N–H and O–H groups in total. The van der Waals surface area contributed by atoms with Crippen LogP contribution in [-0.4, -0.2) is 30.4 Å². The maximum atomic E-state index is 15.3. The third-order valence-electron chi connectivity index (χ3n) is 6.84. The summed E-state index contributed by atoms with van der Waals surface area (Å²) in [7, 11) is 1.83. The number of ether oxygens (including phenoxy) is 1. The molecule has 0 radical (unpaired) electrons. The molecule has 0 bridgehead atoms. The van der Waals surface area contributed by atoms with E-state index in [2.05, 4.69) is 5.10 Å². The number of aliphatic carboxylic acids is 1. The van der Waals surface area contributed by atoms with Crippen molar-refractivity contribution in [1.82, 2.24) is 19.3 Å². The largest absolute Gasteiger partial charge is 0.487 e. The van der Waals surface area contributed by atoms with Crippen molar-refractivity contribution in [3.63, 3.8) is 0 Å². The minimum atomic E-state index is -0.816. The molecule has 2 aromatic carbocycles. The van der Waals surface area contributed by atoms with Gasteiger partial charge in [0.25, 0.3) is 0 Å². The summed E-state index contributed by atoms with van der Waals surface area (Å²) in [4.78, 5) is 16.8. The van der Waals surface area contributed by atoms with Crippen LogP contribution in [0.5, 0.6) is 5.75 Å². The van der Waals surface area contributed by atoms with Crippen molar-refractivity contribution in [3.05, 3.63) is 77.1 Å². The van der Waals surface area contributed by atoms with Gasteiger partial charge in [0.05, 0.1) is 17.1 Å². The van der Waals surface area contributed by atoms with Crippen LogP contribution in [0.15, 0.2) is 48.7 Å². The predicted molar refractivity (Wildman–Crippen MR) is 130 cm³/mol. The molecule has 0 saturated heterocycles. The molecular formula is C27H29FN4O3. The number of imidazole rings is 1. The van der Waals surface area contributed by atoms with Crippen molar-refractivity contribution in [2.75, 3.05) is 0 Å². The summed E-state index contributed by atoms with van der Waals surface area (Å²) >= 11 is 0. The standard InChI is InChI=1S/C27H29FN4O3/c1-17-7-9-18(10-8-17)15-32-24-14-20(35-16-19-11-12-31(2)30-19)13-23(28)25(24)29-26(32)21-5-3-4-6-22(21)27(33)34/h7-14,21-22H,3-6,15-16H2,1-2H3,(H,33,34)/t21-,22+/m0/s1. The second-order valence-electron chi connectivity index (χ2n) is 9.42. The van der Waals surface area contributed by atoms with Crippen LogP contribution in [0.25, 0.3) is 11.0 Å². The third kappa shape index (κ3) is 4.78. The van der Waals surface area contributed by atoms with Gasteiger partial charge in [-0.25, -0.2) is 9.37 Å². The number of fused-ring (bicyclic) bond motifs is 1. The Morgan fingerprint density at radius 1 is 1.17 bits per heavy atom. The van der Waals surface area contributed by atoms with Gasteiger partial charge in [0, 0.05) is 37.8 Å². The van der Waals surface area contributed by atoms with Crippen LogP contribution in [0.2, 0.25) is 0 Å². The zero-order chi connectivity index (χ0) is 24.5. The molecule has 5 rings (SSSR count). The van der Waals surface area contributed by atoms with Gasteiger partial charge in [0.15, 0.2) is 5.82 Å². The quantitative estimate of drug-likeness (QED) is 0.396. The van der Waals surface area contributed by atoms with Gasteiger partial charge >= 0.3 is 5.97 Å². The average molecular weight is 477 g/mol. The van der Waals surface area contributed by atoms with Gasteiger partial charge in [0.1, 0.15) is 23.7 Å². The van der Waals surface area contributed by atoms with E-state index in [0.29, 0.717) is 30.1 Å². The van der Waals surface area contributed by atoms with Gasteiger partial charge in [-0.1, -0.05) is 42.7 Å². The lowest BCUT2D eigenvalue weighted by molar-refractivity contribution is -0.143. The highest BCUT2D eigenvalue weighted by Crippen LogP contribution is 2.40. The summed E-state index contributed by atoms with van der Waals surface area (Å²) in [6.07, 6.45) is 4.97. The number of carboxylic acid groups (broad SMARTS) is 1. The number of benzene rings is 2. The molecule has 0 unspecified atom stereocenters. The van der Waals surface area contributed by atoms with Crippen LogP contribution in [0, 0.1) is 18.7 Å². The molecule has 0 aliphatic heterocycles. The van der Waals surface area contributed by atoms with Crippen molar-refractivity contribution in [2.24, 2.45) is 13.0 Å². The van der Waals surface area contributed by atoms with Gasteiger partial charge in [-0.15, -0.1) is 0 Å². The number of hydrogen-bond acceptors (Lipinski definition) is 4. The van der Waals surface area contributed by atoms with Crippen LogP contribution >= 0.6 is 0 Å². The molecule has 0 spiro atoms. The summed E-state index contributed by atoms with van der Waals surface area (Å²) in [6.45, 7) is 2.72. The van der Waals surface area contributed by atoms with E-state index in [1.165, 1.54) is 6.07 Å². The van der Waals surface area contributed by atoms with Gasteiger partial charge < -0.3 is 14.4 Å². The Bertz CT molecular complexity index is 1360. The van der Waals surface area contributed by atoms with Crippen molar-refractivity contribution in [1.29, 1.82) is 0 Å². The molecule has 2 heterocycles. The SMILES string of the molecule is Cc1ccc(Cn2c([C@H]3CCCC[C@H]3C(=O)O)nc3c(F)cc(OCc4ccn(C)n4)cc32)cc1. The molecule has 7 nitrogen and oxygen atoms in total. The second kappa shape index (κ2) is 9.52. The number of carbonyl (C=O) groups is 1. The van der Waals surface area contributed by atoms with Crippen LogP contribution < -0.4 is 4.74 Å². The fourth-order valence-corrected chi connectivity index (χ4v) is 5.02. The van der Waals surface area contributed by atoms with E-state index in [1.807, 2.05) is 55.1 Å². The molecule has 0 amide bonds. The summed E-state index contributed by atoms with van der Waals surface area (Å²) in [5.74, 6) is -1.07. The summed E-state index contributed by atoms with van der Waals surface area (Å²) in [6, 6.07) is 13.1. The highest BCUT2D eigenvalue weighted by Gasteiger charge is 2.35. The number of aromatic nitrogens is 4. The first-order chi connectivity index (χ1) is 16.9. The Morgan fingerprint density at radius 2 is 1.94 bits per heavy atom. The van der Waals surface area contributed by atoms with E-state index in [4.69, 9.17) is 9.72 Å². The van der Waals surface area contributed by atoms with E-state index in [0.717, 1.165) is 36.1 Å². The van der Waals surface area contributed by atoms with Crippen molar-refractivity contribution < 1.29 is 19.0 Å². The lowest BCUT2D eigenvalue weighted by Crippen LogP contribution is -2.27. The molecule has 1 aliphatic carbocycles. The van der Waals surface area contributed by atoms with Crippen LogP contribution in [-0.2, 0) is 25.0 Å². The Kier molecular flexibility index (Phi) is 6.28. The summed E-state index contributed by atoms with van der Waals surface area (Å²) < 4.78 is 24.8. The zero-order valence-corrected chi connectivity index (χ0v) is 19.9. The van der Waals surface area contributed by atoms with E-state index in [-0.39, 0.29) is 18.0 Å². The number of nitrogens with zero attached hydrogens (tertiary/aromatic N) is 4. The molecule has 4 aromatic rings. The Morgan fingerprint density at radius 3 is 2.66 bits per heavy atom. The maximum absolute atomic E-state index is 15.3. The minimum absolute atomic E-state index is 0.217. The van der Waals surface area contributed by atoms with Crippen LogP contribution in [0.3, 0.4) is 0 Å². The highest BCUT2D eigenvalue weighted by atomic mass is 19.1. The van der Waals surface area contributed by atoms with Gasteiger partial charge in [-0.05, 0) is 31.4 Å². The first kappa shape index (κ1) is 23.1. The molecule has 8 heteroatoms. The predicted octanol–water partition coefficient (Wildman–Crippen LogP) is 5.20. The molecule has 35 heavy (non-hydrogen) atoms. The number of aryl methyl sites for hydroxylation is 2. The molecule has 1 aliphatic rings. The smallest absolute Gasteiger partial charge is 0.307 e. The Balaban J connectivity index is 1.58. The Labute approximate surface area is 203 Å². The number of rotatable bonds is 7. The summed E-state index contributed by atoms with van der Waals surface area (Å²) in [5.41, 5.74) is 3.78. The minimum Gasteiger partial charge on any atom is -0.487 e. The Hall–Kier alpha value is -3.68. The fourth-order valence-electron chi connectivity index (χ4n) is 5.02. The van der Waals surface area contributed by atoms with E-state index in [1.54, 1.807) is 10.7 Å². The molecule has 182 valence electrons. The van der Waals surface area contributed by atoms with Crippen molar-refractivity contribution >= 4 is 17.0 Å². The highest BCUT2D eigenvalue weighted by molar-refractivity contribution is 5.79. The molecular weight excluding hydrogens is 447 g/mol. The molecule has 2 atom stereocenters. The van der Waals surface area contributed by atoms with E-state index >= 15 is 4.39 Å². The summed E-state index contributed by atoms with van der Waals surface area (Å²) in [5, 5.41) is 14.2. The molecule has 1 fully saturated rings. The monoisotopic (exact) mass is 476 g/mol. The maximum Gasteiger partial charge on any atom is 0.307 e. The van der Waals surface area contributed by atoms with Crippen molar-refractivity contribution in [2.45, 2.75) is 51.7 Å². The average Bonchev–Trinajstić information content (AvgIpc) is 3.43. The first-order valence-corrected chi connectivity index (χ1v) is 12.0. The zero-order valence-electron chi connectivity index (χ0n) is 19.9. The normalized spacial score (nSPS) is 18.1. The van der Waals surface area contributed by atoms with Crippen molar-refractivity contribution in [3.8, 4) is 5.75 Å². The van der Waals surface area contributed by atoms with Crippen LogP contribution in [0.4, 0.5) is 4.39 Å².